The summed E-state index contributed by atoms with van der Waals surface area (Å²) in [7, 11) is 1.85. The van der Waals surface area contributed by atoms with Crippen LogP contribution in [0.3, 0.4) is 0 Å². The zero-order valence-corrected chi connectivity index (χ0v) is 18.0. The summed E-state index contributed by atoms with van der Waals surface area (Å²) >= 11 is 1.66. The van der Waals surface area contributed by atoms with Crippen LogP contribution in [0.5, 0.6) is 0 Å². The Morgan fingerprint density at radius 3 is 2.60 bits per heavy atom. The van der Waals surface area contributed by atoms with Gasteiger partial charge >= 0.3 is 0 Å². The SMILES string of the molecule is Cc1ccc(C)n1-c1c(C(=O)Nc2cccc(CSc3ccccn3)c2)cnn1C. The molecule has 3 aromatic heterocycles. The Labute approximate surface area is 180 Å². The molecule has 152 valence electrons. The number of carbonyl (C=O) groups excluding carboxylic acids is 1. The fraction of sp³-hybridized carbons (Fsp3) is 0.174. The normalized spacial score (nSPS) is 10.9. The number of nitrogens with zero attached hydrogens (tertiary/aromatic N) is 4. The molecule has 0 aliphatic rings. The van der Waals surface area contributed by atoms with Gasteiger partial charge in [-0.25, -0.2) is 4.98 Å². The minimum absolute atomic E-state index is 0.180. The first-order valence-electron chi connectivity index (χ1n) is 9.64. The van der Waals surface area contributed by atoms with Crippen LogP contribution in [0.2, 0.25) is 0 Å². The summed E-state index contributed by atoms with van der Waals surface area (Å²) in [5.41, 5.74) is 4.52. The number of thioether (sulfide) groups is 1. The van der Waals surface area contributed by atoms with E-state index in [1.807, 2.05) is 80.1 Å². The van der Waals surface area contributed by atoms with Crippen LogP contribution >= 0.6 is 11.8 Å². The molecule has 7 heteroatoms. The van der Waals surface area contributed by atoms with Gasteiger partial charge in [0.2, 0.25) is 0 Å². The van der Waals surface area contributed by atoms with Crippen LogP contribution in [0.25, 0.3) is 5.82 Å². The quantitative estimate of drug-likeness (QED) is 0.459. The number of aromatic nitrogens is 4. The Morgan fingerprint density at radius 1 is 1.07 bits per heavy atom. The molecule has 0 saturated heterocycles. The van der Waals surface area contributed by atoms with E-state index in [4.69, 9.17) is 0 Å². The van der Waals surface area contributed by atoms with Crippen molar-refractivity contribution in [3.63, 3.8) is 0 Å². The summed E-state index contributed by atoms with van der Waals surface area (Å²) in [5.74, 6) is 1.36. The van der Waals surface area contributed by atoms with Crippen LogP contribution < -0.4 is 5.32 Å². The van der Waals surface area contributed by atoms with Crippen molar-refractivity contribution in [1.29, 1.82) is 0 Å². The summed E-state index contributed by atoms with van der Waals surface area (Å²) in [6.45, 7) is 4.04. The minimum atomic E-state index is -0.180. The first kappa shape index (κ1) is 20.0. The van der Waals surface area contributed by atoms with Gasteiger partial charge < -0.3 is 9.88 Å². The van der Waals surface area contributed by atoms with Gasteiger partial charge in [0, 0.05) is 36.1 Å². The molecule has 0 saturated carbocycles. The van der Waals surface area contributed by atoms with E-state index in [1.54, 1.807) is 28.8 Å². The smallest absolute Gasteiger partial charge is 0.261 e. The molecule has 3 heterocycles. The Morgan fingerprint density at radius 2 is 1.87 bits per heavy atom. The highest BCUT2D eigenvalue weighted by atomic mass is 32.2. The fourth-order valence-electron chi connectivity index (χ4n) is 3.39. The van der Waals surface area contributed by atoms with Gasteiger partial charge in [-0.3, -0.25) is 9.48 Å². The Balaban J connectivity index is 1.53. The van der Waals surface area contributed by atoms with Gasteiger partial charge in [-0.05, 0) is 55.8 Å². The lowest BCUT2D eigenvalue weighted by Crippen LogP contribution is -2.16. The highest BCUT2D eigenvalue weighted by Crippen LogP contribution is 2.24. The van der Waals surface area contributed by atoms with Crippen LogP contribution in [0, 0.1) is 13.8 Å². The number of hydrogen-bond acceptors (Lipinski definition) is 4. The van der Waals surface area contributed by atoms with E-state index >= 15 is 0 Å². The zero-order valence-electron chi connectivity index (χ0n) is 17.2. The predicted octanol–water partition coefficient (Wildman–Crippen LogP) is 4.77. The van der Waals surface area contributed by atoms with E-state index in [9.17, 15) is 4.79 Å². The second kappa shape index (κ2) is 8.59. The Hall–Kier alpha value is -3.32. The second-order valence-electron chi connectivity index (χ2n) is 7.07. The highest BCUT2D eigenvalue weighted by molar-refractivity contribution is 7.98. The Kier molecular flexibility index (Phi) is 5.72. The molecule has 0 bridgehead atoms. The van der Waals surface area contributed by atoms with Gasteiger partial charge in [-0.2, -0.15) is 5.10 Å². The van der Waals surface area contributed by atoms with Crippen molar-refractivity contribution in [3.05, 3.63) is 89.5 Å². The van der Waals surface area contributed by atoms with Gasteiger partial charge in [-0.1, -0.05) is 18.2 Å². The second-order valence-corrected chi connectivity index (χ2v) is 8.06. The van der Waals surface area contributed by atoms with Gasteiger partial charge in [0.05, 0.1) is 11.2 Å². The summed E-state index contributed by atoms with van der Waals surface area (Å²) in [6, 6.07) is 17.8. The lowest BCUT2D eigenvalue weighted by atomic mass is 10.2. The van der Waals surface area contributed by atoms with E-state index in [0.717, 1.165) is 39.2 Å². The lowest BCUT2D eigenvalue weighted by Gasteiger charge is -2.13. The molecule has 4 aromatic rings. The van der Waals surface area contributed by atoms with E-state index in [2.05, 4.69) is 15.4 Å². The highest BCUT2D eigenvalue weighted by Gasteiger charge is 2.20. The first-order chi connectivity index (χ1) is 14.5. The molecule has 0 spiro atoms. The van der Waals surface area contributed by atoms with Crippen LogP contribution in [-0.4, -0.2) is 25.2 Å². The topological polar surface area (TPSA) is 64.7 Å². The number of carbonyl (C=O) groups is 1. The number of aryl methyl sites for hydroxylation is 3. The van der Waals surface area contributed by atoms with E-state index in [1.165, 1.54) is 0 Å². The molecule has 0 unspecified atom stereocenters. The fourth-order valence-corrected chi connectivity index (χ4v) is 4.19. The van der Waals surface area contributed by atoms with Crippen LogP contribution in [0.1, 0.15) is 27.3 Å². The molecule has 6 nitrogen and oxygen atoms in total. The van der Waals surface area contributed by atoms with Crippen molar-refractivity contribution >= 4 is 23.4 Å². The van der Waals surface area contributed by atoms with Gasteiger partial charge in [-0.15, -0.1) is 11.8 Å². The molecular weight excluding hydrogens is 394 g/mol. The largest absolute Gasteiger partial charge is 0.322 e. The number of benzene rings is 1. The molecule has 4 rings (SSSR count). The maximum Gasteiger partial charge on any atom is 0.261 e. The number of rotatable bonds is 6. The molecule has 1 N–H and O–H groups in total. The van der Waals surface area contributed by atoms with Crippen LogP contribution in [-0.2, 0) is 12.8 Å². The van der Waals surface area contributed by atoms with Gasteiger partial charge in [0.25, 0.3) is 5.91 Å². The third-order valence-electron chi connectivity index (χ3n) is 4.84. The van der Waals surface area contributed by atoms with E-state index in [-0.39, 0.29) is 5.91 Å². The average Bonchev–Trinajstić information content (AvgIpc) is 3.28. The number of amides is 1. The molecular formula is C23H23N5OS. The molecule has 0 fully saturated rings. The first-order valence-corrected chi connectivity index (χ1v) is 10.6. The molecule has 1 amide bonds. The lowest BCUT2D eigenvalue weighted by molar-refractivity contribution is 0.102. The standard InChI is InChI=1S/C23H23N5OS/c1-16-10-11-17(2)28(16)23-20(14-25-27(23)3)22(29)26-19-8-6-7-18(13-19)15-30-21-9-4-5-12-24-21/h4-14H,15H2,1-3H3,(H,26,29). The summed E-state index contributed by atoms with van der Waals surface area (Å²) < 4.78 is 3.77. The average molecular weight is 418 g/mol. The van der Waals surface area contributed by atoms with Gasteiger partial charge in [0.15, 0.2) is 0 Å². The van der Waals surface area contributed by atoms with E-state index < -0.39 is 0 Å². The number of pyridine rings is 1. The molecule has 1 aromatic carbocycles. The number of anilines is 1. The molecule has 0 atom stereocenters. The monoisotopic (exact) mass is 417 g/mol. The maximum atomic E-state index is 13.1. The van der Waals surface area contributed by atoms with Crippen LogP contribution in [0.4, 0.5) is 5.69 Å². The maximum absolute atomic E-state index is 13.1. The van der Waals surface area contributed by atoms with Crippen molar-refractivity contribution in [1.82, 2.24) is 19.3 Å². The van der Waals surface area contributed by atoms with Gasteiger partial charge in [0.1, 0.15) is 11.4 Å². The van der Waals surface area contributed by atoms with Crippen molar-refractivity contribution in [3.8, 4) is 5.82 Å². The molecule has 0 aliphatic heterocycles. The van der Waals surface area contributed by atoms with Crippen molar-refractivity contribution in [2.45, 2.75) is 24.6 Å². The Bertz CT molecular complexity index is 1160. The predicted molar refractivity (Wildman–Crippen MR) is 120 cm³/mol. The molecule has 0 radical (unpaired) electrons. The van der Waals surface area contributed by atoms with Crippen molar-refractivity contribution in [2.24, 2.45) is 7.05 Å². The molecule has 30 heavy (non-hydrogen) atoms. The third-order valence-corrected chi connectivity index (χ3v) is 5.86. The minimum Gasteiger partial charge on any atom is -0.322 e. The molecule has 0 aliphatic carbocycles. The summed E-state index contributed by atoms with van der Waals surface area (Å²) in [6.07, 6.45) is 3.41. The van der Waals surface area contributed by atoms with Crippen molar-refractivity contribution in [2.75, 3.05) is 5.32 Å². The third kappa shape index (κ3) is 4.16. The number of nitrogens with one attached hydrogen (secondary N) is 1. The van der Waals surface area contributed by atoms with Crippen molar-refractivity contribution < 1.29 is 4.79 Å². The summed E-state index contributed by atoms with van der Waals surface area (Å²) in [5, 5.41) is 8.32. The summed E-state index contributed by atoms with van der Waals surface area (Å²) in [4.78, 5) is 17.4. The van der Waals surface area contributed by atoms with E-state index in [0.29, 0.717) is 5.56 Å². The zero-order chi connectivity index (χ0) is 21.1. The van der Waals surface area contributed by atoms with Crippen LogP contribution in [0.15, 0.2) is 72.0 Å². The number of hydrogen-bond donors (Lipinski definition) is 1.